The molecule has 1 aromatic heterocycles. The molecule has 0 bridgehead atoms. The molecular formula is C11H13N5O2. The van der Waals surface area contributed by atoms with Crippen molar-refractivity contribution in [1.29, 1.82) is 0 Å². The van der Waals surface area contributed by atoms with Crippen LogP contribution in [-0.4, -0.2) is 44.3 Å². The molecule has 7 heteroatoms. The van der Waals surface area contributed by atoms with E-state index >= 15 is 0 Å². The Bertz CT molecular complexity index is 524. The van der Waals surface area contributed by atoms with Crippen molar-refractivity contribution in [2.24, 2.45) is 0 Å². The number of carbonyl (C=O) groups excluding carboxylic acids is 1. The lowest BCUT2D eigenvalue weighted by Gasteiger charge is -2.07. The molecular weight excluding hydrogens is 234 g/mol. The number of aromatic amines is 1. The average molecular weight is 247 g/mol. The molecule has 0 radical (unpaired) electrons. The third-order valence-electron chi connectivity index (χ3n) is 2.29. The first-order valence-corrected chi connectivity index (χ1v) is 5.47. The van der Waals surface area contributed by atoms with Gasteiger partial charge in [-0.1, -0.05) is 12.1 Å². The van der Waals surface area contributed by atoms with Crippen molar-refractivity contribution in [1.82, 2.24) is 25.9 Å². The van der Waals surface area contributed by atoms with Gasteiger partial charge in [0, 0.05) is 17.7 Å². The molecule has 3 N–H and O–H groups in total. The van der Waals surface area contributed by atoms with Gasteiger partial charge in [-0.25, -0.2) is 0 Å². The summed E-state index contributed by atoms with van der Waals surface area (Å²) in [6.07, 6.45) is -0.575. The van der Waals surface area contributed by atoms with Crippen LogP contribution in [0.3, 0.4) is 0 Å². The van der Waals surface area contributed by atoms with Crippen LogP contribution in [0.15, 0.2) is 24.3 Å². The fourth-order valence-corrected chi connectivity index (χ4v) is 1.43. The smallest absolute Gasteiger partial charge is 0.251 e. The minimum atomic E-state index is -0.575. The zero-order valence-corrected chi connectivity index (χ0v) is 9.79. The van der Waals surface area contributed by atoms with Crippen LogP contribution in [-0.2, 0) is 0 Å². The van der Waals surface area contributed by atoms with Gasteiger partial charge in [0.25, 0.3) is 5.91 Å². The molecule has 94 valence electrons. The van der Waals surface area contributed by atoms with Gasteiger partial charge in [0.1, 0.15) is 0 Å². The fraction of sp³-hybridized carbons (Fsp3) is 0.273. The first-order valence-electron chi connectivity index (χ1n) is 5.47. The molecule has 0 unspecified atom stereocenters. The number of rotatable bonds is 4. The summed E-state index contributed by atoms with van der Waals surface area (Å²) in [5, 5.41) is 25.2. The summed E-state index contributed by atoms with van der Waals surface area (Å²) < 4.78 is 0. The topological polar surface area (TPSA) is 104 Å². The van der Waals surface area contributed by atoms with Gasteiger partial charge in [0.05, 0.1) is 6.10 Å². The monoisotopic (exact) mass is 247 g/mol. The van der Waals surface area contributed by atoms with Crippen molar-refractivity contribution in [2.45, 2.75) is 13.0 Å². The first-order chi connectivity index (χ1) is 8.66. The van der Waals surface area contributed by atoms with Crippen molar-refractivity contribution in [3.63, 3.8) is 0 Å². The third-order valence-corrected chi connectivity index (χ3v) is 2.29. The molecule has 1 amide bonds. The summed E-state index contributed by atoms with van der Waals surface area (Å²) in [5.41, 5.74) is 1.19. The number of H-pyrrole nitrogens is 1. The minimum Gasteiger partial charge on any atom is -0.392 e. The molecule has 18 heavy (non-hydrogen) atoms. The average Bonchev–Trinajstić information content (AvgIpc) is 2.90. The van der Waals surface area contributed by atoms with Gasteiger partial charge >= 0.3 is 0 Å². The highest BCUT2D eigenvalue weighted by Gasteiger charge is 2.09. The minimum absolute atomic E-state index is 0.214. The Labute approximate surface area is 103 Å². The molecule has 0 fully saturated rings. The summed E-state index contributed by atoms with van der Waals surface area (Å²) in [4.78, 5) is 11.8. The Hall–Kier alpha value is -2.28. The van der Waals surface area contributed by atoms with Gasteiger partial charge in [0.15, 0.2) is 0 Å². The highest BCUT2D eigenvalue weighted by atomic mass is 16.3. The van der Waals surface area contributed by atoms with Crippen molar-refractivity contribution in [3.05, 3.63) is 29.8 Å². The lowest BCUT2D eigenvalue weighted by atomic mass is 10.1. The van der Waals surface area contributed by atoms with Crippen LogP contribution >= 0.6 is 0 Å². The SMILES string of the molecule is C[C@H](O)CNC(=O)c1cccc(-c2nn[nH]n2)c1. The van der Waals surface area contributed by atoms with Gasteiger partial charge in [-0.2, -0.15) is 5.21 Å². The summed E-state index contributed by atoms with van der Waals surface area (Å²) in [5.74, 6) is 0.182. The standard InChI is InChI=1S/C11H13N5O2/c1-7(17)6-12-11(18)9-4-2-3-8(5-9)10-13-15-16-14-10/h2-5,7,17H,6H2,1H3,(H,12,18)(H,13,14,15,16)/t7-/m0/s1. The van der Waals surface area contributed by atoms with Gasteiger partial charge in [-0.3, -0.25) is 4.79 Å². The quantitative estimate of drug-likeness (QED) is 0.704. The van der Waals surface area contributed by atoms with E-state index < -0.39 is 6.10 Å². The number of nitrogens with zero attached hydrogens (tertiary/aromatic N) is 3. The van der Waals surface area contributed by atoms with Crippen LogP contribution < -0.4 is 5.32 Å². The van der Waals surface area contributed by atoms with Crippen molar-refractivity contribution >= 4 is 5.91 Å². The number of aliphatic hydroxyl groups is 1. The number of aromatic nitrogens is 4. The molecule has 7 nitrogen and oxygen atoms in total. The van der Waals surface area contributed by atoms with E-state index in [1.807, 2.05) is 0 Å². The van der Waals surface area contributed by atoms with Crippen LogP contribution in [0, 0.1) is 0 Å². The maximum absolute atomic E-state index is 11.8. The van der Waals surface area contributed by atoms with E-state index in [4.69, 9.17) is 5.11 Å². The van der Waals surface area contributed by atoms with Crippen LogP contribution in [0.2, 0.25) is 0 Å². The molecule has 0 saturated heterocycles. The van der Waals surface area contributed by atoms with Crippen molar-refractivity contribution < 1.29 is 9.90 Å². The van der Waals surface area contributed by atoms with Crippen LogP contribution in [0.5, 0.6) is 0 Å². The van der Waals surface area contributed by atoms with Crippen molar-refractivity contribution in [2.75, 3.05) is 6.54 Å². The highest BCUT2D eigenvalue weighted by Crippen LogP contribution is 2.14. The van der Waals surface area contributed by atoms with E-state index in [0.717, 1.165) is 0 Å². The summed E-state index contributed by atoms with van der Waals surface area (Å²) >= 11 is 0. The number of benzene rings is 1. The largest absolute Gasteiger partial charge is 0.392 e. The number of amides is 1. The Kier molecular flexibility index (Phi) is 3.63. The maximum Gasteiger partial charge on any atom is 0.251 e. The first kappa shape index (κ1) is 12.2. The molecule has 2 aromatic rings. The molecule has 0 aliphatic heterocycles. The van der Waals surface area contributed by atoms with Gasteiger partial charge in [-0.15, -0.1) is 10.2 Å². The second kappa shape index (κ2) is 5.37. The predicted octanol–water partition coefficient (Wildman–Crippen LogP) is -0.0227. The number of aliphatic hydroxyl groups excluding tert-OH is 1. The fourth-order valence-electron chi connectivity index (χ4n) is 1.43. The number of hydrogen-bond acceptors (Lipinski definition) is 5. The van der Waals surface area contributed by atoms with Crippen molar-refractivity contribution in [3.8, 4) is 11.4 Å². The second-order valence-corrected chi connectivity index (χ2v) is 3.88. The Morgan fingerprint density at radius 2 is 2.39 bits per heavy atom. The van der Waals surface area contributed by atoms with E-state index in [1.165, 1.54) is 0 Å². The number of tetrazole rings is 1. The van der Waals surface area contributed by atoms with E-state index in [-0.39, 0.29) is 12.5 Å². The second-order valence-electron chi connectivity index (χ2n) is 3.88. The molecule has 1 aromatic carbocycles. The normalized spacial score (nSPS) is 12.1. The molecule has 0 spiro atoms. The Morgan fingerprint density at radius 1 is 1.56 bits per heavy atom. The summed E-state index contributed by atoms with van der Waals surface area (Å²) in [6.45, 7) is 1.82. The zero-order chi connectivity index (χ0) is 13.0. The molecule has 1 heterocycles. The molecule has 1 atom stereocenters. The van der Waals surface area contributed by atoms with E-state index in [9.17, 15) is 4.79 Å². The molecule has 0 saturated carbocycles. The van der Waals surface area contributed by atoms with E-state index in [2.05, 4.69) is 25.9 Å². The summed E-state index contributed by atoms with van der Waals surface area (Å²) in [7, 11) is 0. The molecule has 0 aliphatic carbocycles. The Morgan fingerprint density at radius 3 is 3.06 bits per heavy atom. The van der Waals surface area contributed by atoms with E-state index in [1.54, 1.807) is 31.2 Å². The van der Waals surface area contributed by atoms with Gasteiger partial charge < -0.3 is 10.4 Å². The van der Waals surface area contributed by atoms with E-state index in [0.29, 0.717) is 17.0 Å². The number of hydrogen-bond donors (Lipinski definition) is 3. The van der Waals surface area contributed by atoms with Gasteiger partial charge in [-0.05, 0) is 24.3 Å². The highest BCUT2D eigenvalue weighted by molar-refractivity contribution is 5.95. The number of nitrogens with one attached hydrogen (secondary N) is 2. The van der Waals surface area contributed by atoms with Gasteiger partial charge in [0.2, 0.25) is 5.82 Å². The van der Waals surface area contributed by atoms with Crippen LogP contribution in [0.1, 0.15) is 17.3 Å². The lowest BCUT2D eigenvalue weighted by Crippen LogP contribution is -2.30. The lowest BCUT2D eigenvalue weighted by molar-refractivity contribution is 0.0924. The van der Waals surface area contributed by atoms with Crippen LogP contribution in [0.4, 0.5) is 0 Å². The summed E-state index contributed by atoms with van der Waals surface area (Å²) in [6, 6.07) is 6.88. The molecule has 2 rings (SSSR count). The predicted molar refractivity (Wildman–Crippen MR) is 63.6 cm³/mol. The Balaban J connectivity index is 2.15. The third kappa shape index (κ3) is 2.89. The zero-order valence-electron chi connectivity index (χ0n) is 9.79. The molecule has 0 aliphatic rings. The number of carbonyl (C=O) groups is 1. The van der Waals surface area contributed by atoms with Crippen LogP contribution in [0.25, 0.3) is 11.4 Å². The maximum atomic E-state index is 11.8.